The molecule has 112 valence electrons. The van der Waals surface area contributed by atoms with Crippen LogP contribution in [-0.4, -0.2) is 60.4 Å². The Morgan fingerprint density at radius 2 is 1.85 bits per heavy atom. The Labute approximate surface area is 119 Å². The van der Waals surface area contributed by atoms with Crippen molar-refractivity contribution in [3.05, 3.63) is 24.0 Å². The van der Waals surface area contributed by atoms with E-state index in [9.17, 15) is 9.90 Å². The van der Waals surface area contributed by atoms with Crippen LogP contribution in [0.1, 0.15) is 24.3 Å². The zero-order valence-corrected chi connectivity index (χ0v) is 12.0. The van der Waals surface area contributed by atoms with E-state index in [4.69, 9.17) is 9.47 Å². The van der Waals surface area contributed by atoms with Crippen molar-refractivity contribution in [2.75, 3.05) is 39.5 Å². The molecule has 1 aromatic rings. The van der Waals surface area contributed by atoms with Crippen LogP contribution < -0.4 is 0 Å². The lowest BCUT2D eigenvalue weighted by Gasteiger charge is -2.22. The molecule has 1 amide bonds. The number of carbonyl (C=O) groups is 1. The summed E-state index contributed by atoms with van der Waals surface area (Å²) in [6.07, 6.45) is 1.48. The van der Waals surface area contributed by atoms with Crippen LogP contribution in [0.5, 0.6) is 5.75 Å². The summed E-state index contributed by atoms with van der Waals surface area (Å²) >= 11 is 0. The monoisotopic (exact) mass is 282 g/mol. The van der Waals surface area contributed by atoms with Crippen molar-refractivity contribution < 1.29 is 19.4 Å². The van der Waals surface area contributed by atoms with E-state index < -0.39 is 0 Å². The average molecular weight is 282 g/mol. The first kappa shape index (κ1) is 16.4. The zero-order valence-electron chi connectivity index (χ0n) is 12.0. The van der Waals surface area contributed by atoms with Crippen molar-refractivity contribution in [3.8, 4) is 5.75 Å². The molecule has 0 atom stereocenters. The summed E-state index contributed by atoms with van der Waals surface area (Å²) < 4.78 is 10.5. The van der Waals surface area contributed by atoms with Crippen LogP contribution in [0.2, 0.25) is 0 Å². The van der Waals surface area contributed by atoms with Crippen LogP contribution in [0.15, 0.2) is 18.3 Å². The number of hydrogen-bond acceptors (Lipinski definition) is 5. The Morgan fingerprint density at radius 3 is 2.35 bits per heavy atom. The number of rotatable bonds is 9. The Bertz CT molecular complexity index is 402. The van der Waals surface area contributed by atoms with Gasteiger partial charge in [-0.25, -0.2) is 4.98 Å². The van der Waals surface area contributed by atoms with Gasteiger partial charge in [-0.15, -0.1) is 0 Å². The molecule has 6 heteroatoms. The van der Waals surface area contributed by atoms with E-state index in [1.165, 1.54) is 12.3 Å². The fourth-order valence-electron chi connectivity index (χ4n) is 1.66. The van der Waals surface area contributed by atoms with Gasteiger partial charge in [-0.2, -0.15) is 0 Å². The van der Waals surface area contributed by atoms with Gasteiger partial charge < -0.3 is 19.5 Å². The first-order chi connectivity index (χ1) is 9.70. The van der Waals surface area contributed by atoms with E-state index in [0.717, 1.165) is 0 Å². The fourth-order valence-corrected chi connectivity index (χ4v) is 1.66. The summed E-state index contributed by atoms with van der Waals surface area (Å²) in [5, 5.41) is 9.70. The molecule has 0 bridgehead atoms. The molecule has 6 nitrogen and oxygen atoms in total. The molecule has 0 saturated heterocycles. The van der Waals surface area contributed by atoms with Crippen molar-refractivity contribution in [1.29, 1.82) is 0 Å². The number of pyridine rings is 1. The van der Waals surface area contributed by atoms with Crippen LogP contribution >= 0.6 is 0 Å². The molecule has 0 radical (unpaired) electrons. The molecule has 1 aromatic heterocycles. The lowest BCUT2D eigenvalue weighted by Crippen LogP contribution is -2.37. The second-order valence-corrected chi connectivity index (χ2v) is 4.06. The Balaban J connectivity index is 2.69. The largest absolute Gasteiger partial charge is 0.505 e. The second-order valence-electron chi connectivity index (χ2n) is 4.06. The number of aromatic nitrogens is 1. The van der Waals surface area contributed by atoms with Crippen LogP contribution in [0, 0.1) is 0 Å². The number of aromatic hydroxyl groups is 1. The third-order valence-corrected chi connectivity index (χ3v) is 2.70. The highest BCUT2D eigenvalue weighted by atomic mass is 16.5. The molecule has 0 saturated carbocycles. The third-order valence-electron chi connectivity index (χ3n) is 2.70. The van der Waals surface area contributed by atoms with Crippen molar-refractivity contribution in [2.45, 2.75) is 13.8 Å². The summed E-state index contributed by atoms with van der Waals surface area (Å²) in [6, 6.07) is 3.03. The molecule has 1 N–H and O–H groups in total. The Hall–Kier alpha value is -1.66. The van der Waals surface area contributed by atoms with Gasteiger partial charge in [-0.3, -0.25) is 4.79 Å². The fraction of sp³-hybridized carbons (Fsp3) is 0.571. The van der Waals surface area contributed by atoms with Crippen molar-refractivity contribution in [2.24, 2.45) is 0 Å². The van der Waals surface area contributed by atoms with Gasteiger partial charge in [-0.1, -0.05) is 0 Å². The molecule has 1 rings (SSSR count). The van der Waals surface area contributed by atoms with E-state index in [-0.39, 0.29) is 17.4 Å². The van der Waals surface area contributed by atoms with Crippen LogP contribution in [-0.2, 0) is 9.47 Å². The number of nitrogens with zero attached hydrogens (tertiary/aromatic N) is 2. The SMILES string of the molecule is CCOCCN(CCOCC)C(=O)c1ncccc1O. The van der Waals surface area contributed by atoms with Gasteiger partial charge in [0.2, 0.25) is 0 Å². The molecule has 1 heterocycles. The van der Waals surface area contributed by atoms with E-state index in [2.05, 4.69) is 4.98 Å². The van der Waals surface area contributed by atoms with Gasteiger partial charge in [-0.05, 0) is 26.0 Å². The van der Waals surface area contributed by atoms with Gasteiger partial charge >= 0.3 is 0 Å². The van der Waals surface area contributed by atoms with Crippen LogP contribution in [0.4, 0.5) is 0 Å². The summed E-state index contributed by atoms with van der Waals surface area (Å²) in [7, 11) is 0. The zero-order chi connectivity index (χ0) is 14.8. The standard InChI is InChI=1S/C14H22N2O4/c1-3-19-10-8-16(9-11-20-4-2)14(18)13-12(17)6-5-7-15-13/h5-7,17H,3-4,8-11H2,1-2H3. The lowest BCUT2D eigenvalue weighted by atomic mass is 10.3. The molecule has 20 heavy (non-hydrogen) atoms. The maximum Gasteiger partial charge on any atom is 0.276 e. The van der Waals surface area contributed by atoms with E-state index in [1.54, 1.807) is 11.0 Å². The normalized spacial score (nSPS) is 10.5. The van der Waals surface area contributed by atoms with Gasteiger partial charge in [0.05, 0.1) is 13.2 Å². The van der Waals surface area contributed by atoms with Gasteiger partial charge in [0.15, 0.2) is 5.69 Å². The number of ether oxygens (including phenoxy) is 2. The topological polar surface area (TPSA) is 71.9 Å². The maximum absolute atomic E-state index is 12.3. The predicted molar refractivity (Wildman–Crippen MR) is 74.8 cm³/mol. The molecule has 0 fully saturated rings. The highest BCUT2D eigenvalue weighted by molar-refractivity contribution is 5.94. The molecular formula is C14H22N2O4. The third kappa shape index (κ3) is 5.14. The Morgan fingerprint density at radius 1 is 1.25 bits per heavy atom. The lowest BCUT2D eigenvalue weighted by molar-refractivity contribution is 0.0542. The molecule has 0 spiro atoms. The summed E-state index contributed by atoms with van der Waals surface area (Å²) in [5.41, 5.74) is 0.0560. The molecule has 0 aromatic carbocycles. The highest BCUT2D eigenvalue weighted by Crippen LogP contribution is 2.14. The van der Waals surface area contributed by atoms with Crippen molar-refractivity contribution >= 4 is 5.91 Å². The average Bonchev–Trinajstić information content (AvgIpc) is 2.46. The quantitative estimate of drug-likeness (QED) is 0.691. The highest BCUT2D eigenvalue weighted by Gasteiger charge is 2.19. The maximum atomic E-state index is 12.3. The molecule has 0 unspecified atom stereocenters. The van der Waals surface area contributed by atoms with E-state index in [0.29, 0.717) is 39.5 Å². The summed E-state index contributed by atoms with van der Waals surface area (Å²) in [6.45, 7) is 6.77. The summed E-state index contributed by atoms with van der Waals surface area (Å²) in [5.74, 6) is -0.433. The molecule has 0 aliphatic rings. The first-order valence-electron chi connectivity index (χ1n) is 6.79. The first-order valence-corrected chi connectivity index (χ1v) is 6.79. The smallest absolute Gasteiger partial charge is 0.276 e. The minimum absolute atomic E-state index is 0.0560. The van der Waals surface area contributed by atoms with E-state index >= 15 is 0 Å². The number of amides is 1. The minimum Gasteiger partial charge on any atom is -0.505 e. The van der Waals surface area contributed by atoms with Crippen molar-refractivity contribution in [1.82, 2.24) is 9.88 Å². The van der Waals surface area contributed by atoms with E-state index in [1.807, 2.05) is 13.8 Å². The molecule has 0 aliphatic heterocycles. The predicted octanol–water partition coefficient (Wildman–Crippen LogP) is 1.30. The molecule has 0 aliphatic carbocycles. The minimum atomic E-state index is -0.317. The van der Waals surface area contributed by atoms with Gasteiger partial charge in [0.1, 0.15) is 5.75 Å². The number of carbonyl (C=O) groups excluding carboxylic acids is 1. The van der Waals surface area contributed by atoms with Crippen molar-refractivity contribution in [3.63, 3.8) is 0 Å². The second kappa shape index (κ2) is 9.28. The number of hydrogen-bond donors (Lipinski definition) is 1. The Kier molecular flexibility index (Phi) is 7.60. The van der Waals surface area contributed by atoms with Gasteiger partial charge in [0.25, 0.3) is 5.91 Å². The van der Waals surface area contributed by atoms with Gasteiger partial charge in [0, 0.05) is 32.5 Å². The molecular weight excluding hydrogens is 260 g/mol. The van der Waals surface area contributed by atoms with Crippen LogP contribution in [0.3, 0.4) is 0 Å². The summed E-state index contributed by atoms with van der Waals surface area (Å²) in [4.78, 5) is 17.9. The van der Waals surface area contributed by atoms with Crippen LogP contribution in [0.25, 0.3) is 0 Å².